The number of aliphatic carboxylic acids is 1. The number of amides is 1. The van der Waals surface area contributed by atoms with Crippen molar-refractivity contribution >= 4 is 29.3 Å². The van der Waals surface area contributed by atoms with Gasteiger partial charge in [0.05, 0.1) is 12.8 Å². The van der Waals surface area contributed by atoms with Gasteiger partial charge in [-0.2, -0.15) is 0 Å². The van der Waals surface area contributed by atoms with Crippen molar-refractivity contribution < 1.29 is 19.1 Å². The van der Waals surface area contributed by atoms with Crippen molar-refractivity contribution in [2.45, 2.75) is 13.5 Å². The first-order chi connectivity index (χ1) is 9.56. The summed E-state index contributed by atoms with van der Waals surface area (Å²) in [6, 6.07) is 3.56. The maximum atomic E-state index is 11.8. The number of carbonyl (C=O) groups is 2. The largest absolute Gasteiger partial charge is 0.478 e. The summed E-state index contributed by atoms with van der Waals surface area (Å²) in [7, 11) is 0. The van der Waals surface area contributed by atoms with Gasteiger partial charge in [0, 0.05) is 16.5 Å². The highest BCUT2D eigenvalue weighted by Gasteiger charge is 2.12. The zero-order valence-corrected chi connectivity index (χ0v) is 11.6. The van der Waals surface area contributed by atoms with Crippen molar-refractivity contribution in [1.29, 1.82) is 0 Å². The molecule has 2 rings (SSSR count). The summed E-state index contributed by atoms with van der Waals surface area (Å²) < 4.78 is 5.10. The van der Waals surface area contributed by atoms with E-state index < -0.39 is 5.97 Å². The van der Waals surface area contributed by atoms with E-state index in [-0.39, 0.29) is 5.91 Å². The number of carboxylic acids is 1. The summed E-state index contributed by atoms with van der Waals surface area (Å²) in [6.45, 7) is 2.18. The lowest BCUT2D eigenvalue weighted by atomic mass is 10.2. The van der Waals surface area contributed by atoms with Crippen molar-refractivity contribution in [1.82, 2.24) is 5.32 Å². The van der Waals surface area contributed by atoms with E-state index in [0.717, 1.165) is 22.1 Å². The highest BCUT2D eigenvalue weighted by atomic mass is 32.1. The number of aryl methyl sites for hydroxylation is 1. The molecule has 0 saturated carbocycles. The Morgan fingerprint density at radius 1 is 1.50 bits per heavy atom. The van der Waals surface area contributed by atoms with Gasteiger partial charge in [-0.05, 0) is 36.1 Å². The topological polar surface area (TPSA) is 79.5 Å². The molecule has 0 aliphatic heterocycles. The standard InChI is InChI=1S/C14H13NO4S/c1-9-4-5-19-13(9)14(18)15-7-11-6-10(8-20-11)2-3-12(16)17/h2-6,8H,7H2,1H3,(H,15,18)(H,16,17). The lowest BCUT2D eigenvalue weighted by Gasteiger charge is -2.01. The van der Waals surface area contributed by atoms with Crippen LogP contribution in [0.4, 0.5) is 0 Å². The van der Waals surface area contributed by atoms with Crippen LogP contribution in [0.2, 0.25) is 0 Å². The molecule has 104 valence electrons. The van der Waals surface area contributed by atoms with Crippen LogP contribution in [0.3, 0.4) is 0 Å². The minimum atomic E-state index is -0.987. The molecule has 1 amide bonds. The molecule has 0 spiro atoms. The van der Waals surface area contributed by atoms with E-state index in [4.69, 9.17) is 9.52 Å². The van der Waals surface area contributed by atoms with E-state index in [1.807, 2.05) is 11.4 Å². The smallest absolute Gasteiger partial charge is 0.328 e. The Labute approximate surface area is 119 Å². The maximum absolute atomic E-state index is 11.8. The van der Waals surface area contributed by atoms with E-state index in [1.54, 1.807) is 13.0 Å². The quantitative estimate of drug-likeness (QED) is 0.830. The van der Waals surface area contributed by atoms with Gasteiger partial charge in [-0.15, -0.1) is 11.3 Å². The SMILES string of the molecule is Cc1ccoc1C(=O)NCc1cc(C=CC(=O)O)cs1. The third kappa shape index (κ3) is 3.58. The average molecular weight is 291 g/mol. The Balaban J connectivity index is 1.93. The van der Waals surface area contributed by atoms with E-state index in [1.165, 1.54) is 23.7 Å². The molecule has 0 aliphatic rings. The van der Waals surface area contributed by atoms with Gasteiger partial charge in [-0.25, -0.2) is 4.79 Å². The lowest BCUT2D eigenvalue weighted by Crippen LogP contribution is -2.22. The van der Waals surface area contributed by atoms with E-state index >= 15 is 0 Å². The fourth-order valence-corrected chi connectivity index (χ4v) is 2.39. The van der Waals surface area contributed by atoms with E-state index in [2.05, 4.69) is 5.32 Å². The van der Waals surface area contributed by atoms with Crippen molar-refractivity contribution in [3.8, 4) is 0 Å². The van der Waals surface area contributed by atoms with Gasteiger partial charge in [0.25, 0.3) is 5.91 Å². The molecule has 0 aliphatic carbocycles. The first-order valence-electron chi connectivity index (χ1n) is 5.87. The minimum absolute atomic E-state index is 0.261. The number of thiophene rings is 1. The molecule has 20 heavy (non-hydrogen) atoms. The summed E-state index contributed by atoms with van der Waals surface area (Å²) in [4.78, 5) is 23.2. The summed E-state index contributed by atoms with van der Waals surface area (Å²) in [6.07, 6.45) is 4.07. The number of hydrogen-bond acceptors (Lipinski definition) is 4. The van der Waals surface area contributed by atoms with Crippen molar-refractivity contribution in [3.63, 3.8) is 0 Å². The molecule has 0 fully saturated rings. The normalized spacial score (nSPS) is 10.8. The Morgan fingerprint density at radius 3 is 2.95 bits per heavy atom. The third-order valence-corrected chi connectivity index (χ3v) is 3.54. The predicted octanol–water partition coefficient (Wildman–Crippen LogP) is 2.68. The number of carboxylic acid groups (broad SMARTS) is 1. The fraction of sp³-hybridized carbons (Fsp3) is 0.143. The van der Waals surface area contributed by atoms with Gasteiger partial charge in [-0.1, -0.05) is 0 Å². The van der Waals surface area contributed by atoms with Crippen molar-refractivity contribution in [2.24, 2.45) is 0 Å². The summed E-state index contributed by atoms with van der Waals surface area (Å²) in [5, 5.41) is 13.1. The maximum Gasteiger partial charge on any atom is 0.328 e. The highest BCUT2D eigenvalue weighted by molar-refractivity contribution is 7.10. The third-order valence-electron chi connectivity index (χ3n) is 2.58. The van der Waals surface area contributed by atoms with Gasteiger partial charge >= 0.3 is 5.97 Å². The first kappa shape index (κ1) is 14.1. The molecule has 2 aromatic rings. The molecular weight excluding hydrogens is 278 g/mol. The molecule has 0 unspecified atom stereocenters. The van der Waals surface area contributed by atoms with Crippen LogP contribution in [0.5, 0.6) is 0 Å². The van der Waals surface area contributed by atoms with Gasteiger partial charge in [0.2, 0.25) is 0 Å². The number of rotatable bonds is 5. The molecule has 2 heterocycles. The molecule has 0 bridgehead atoms. The van der Waals surface area contributed by atoms with Crippen LogP contribution in [0.15, 0.2) is 34.3 Å². The van der Waals surface area contributed by atoms with Crippen LogP contribution in [-0.4, -0.2) is 17.0 Å². The molecule has 2 aromatic heterocycles. The zero-order valence-electron chi connectivity index (χ0n) is 10.8. The van der Waals surface area contributed by atoms with Crippen LogP contribution in [-0.2, 0) is 11.3 Å². The van der Waals surface area contributed by atoms with Crippen molar-refractivity contribution in [2.75, 3.05) is 0 Å². The van der Waals surface area contributed by atoms with E-state index in [9.17, 15) is 9.59 Å². The predicted molar refractivity (Wildman–Crippen MR) is 75.6 cm³/mol. The average Bonchev–Trinajstić information content (AvgIpc) is 3.02. The molecule has 0 saturated heterocycles. The molecule has 0 radical (unpaired) electrons. The van der Waals surface area contributed by atoms with Crippen LogP contribution >= 0.6 is 11.3 Å². The lowest BCUT2D eigenvalue weighted by molar-refractivity contribution is -0.131. The zero-order chi connectivity index (χ0) is 14.5. The fourth-order valence-electron chi connectivity index (χ4n) is 1.60. The molecule has 2 N–H and O–H groups in total. The summed E-state index contributed by atoms with van der Waals surface area (Å²) in [5.41, 5.74) is 1.59. The Kier molecular flexibility index (Phi) is 4.37. The summed E-state index contributed by atoms with van der Waals surface area (Å²) in [5.74, 6) is -0.935. The second-order valence-corrected chi connectivity index (χ2v) is 5.13. The molecule has 5 nitrogen and oxygen atoms in total. The Hall–Kier alpha value is -2.34. The van der Waals surface area contributed by atoms with Crippen LogP contribution in [0.1, 0.15) is 26.6 Å². The van der Waals surface area contributed by atoms with Gasteiger partial charge in [0.1, 0.15) is 0 Å². The Morgan fingerprint density at radius 2 is 2.30 bits per heavy atom. The molecular formula is C14H13NO4S. The monoisotopic (exact) mass is 291 g/mol. The van der Waals surface area contributed by atoms with Gasteiger partial charge < -0.3 is 14.8 Å². The minimum Gasteiger partial charge on any atom is -0.478 e. The van der Waals surface area contributed by atoms with Crippen LogP contribution in [0.25, 0.3) is 6.08 Å². The second-order valence-electron chi connectivity index (χ2n) is 4.13. The van der Waals surface area contributed by atoms with Gasteiger partial charge in [-0.3, -0.25) is 4.79 Å². The van der Waals surface area contributed by atoms with Crippen LogP contribution < -0.4 is 5.32 Å². The number of carbonyl (C=O) groups excluding carboxylic acids is 1. The molecule has 0 atom stereocenters. The van der Waals surface area contributed by atoms with E-state index in [0.29, 0.717) is 12.3 Å². The number of nitrogens with one attached hydrogen (secondary N) is 1. The van der Waals surface area contributed by atoms with Crippen molar-refractivity contribution in [3.05, 3.63) is 51.6 Å². The molecule has 0 aromatic carbocycles. The summed E-state index contributed by atoms with van der Waals surface area (Å²) >= 11 is 1.46. The first-order valence-corrected chi connectivity index (χ1v) is 6.75. The van der Waals surface area contributed by atoms with Gasteiger partial charge in [0.15, 0.2) is 5.76 Å². The Bertz CT molecular complexity index is 654. The van der Waals surface area contributed by atoms with Crippen LogP contribution in [0, 0.1) is 6.92 Å². The second kappa shape index (κ2) is 6.21. The highest BCUT2D eigenvalue weighted by Crippen LogP contribution is 2.16. The number of furan rings is 1. The molecule has 6 heteroatoms. The number of hydrogen-bond donors (Lipinski definition) is 2.